The molecule has 1 aromatic carbocycles. The van der Waals surface area contributed by atoms with Gasteiger partial charge in [0.15, 0.2) is 11.3 Å². The van der Waals surface area contributed by atoms with Crippen LogP contribution in [0.3, 0.4) is 0 Å². The molecule has 7 nitrogen and oxygen atoms in total. The van der Waals surface area contributed by atoms with Crippen LogP contribution in [0.15, 0.2) is 35.5 Å². The van der Waals surface area contributed by atoms with Crippen molar-refractivity contribution in [3.8, 4) is 11.1 Å². The summed E-state index contributed by atoms with van der Waals surface area (Å²) in [6.07, 6.45) is 9.53. The van der Waals surface area contributed by atoms with Gasteiger partial charge in [0.05, 0.1) is 17.7 Å². The summed E-state index contributed by atoms with van der Waals surface area (Å²) < 4.78 is 5.88. The third kappa shape index (κ3) is 4.20. The van der Waals surface area contributed by atoms with Crippen molar-refractivity contribution in [1.82, 2.24) is 15.3 Å². The minimum absolute atomic E-state index is 0.0589. The van der Waals surface area contributed by atoms with Crippen LogP contribution in [0.4, 0.5) is 5.69 Å². The second-order valence-electron chi connectivity index (χ2n) is 8.11. The molecule has 8 heteroatoms. The highest BCUT2D eigenvalue weighted by molar-refractivity contribution is 8.00. The van der Waals surface area contributed by atoms with Crippen LogP contribution in [0.25, 0.3) is 11.1 Å². The van der Waals surface area contributed by atoms with Crippen molar-refractivity contribution in [2.24, 2.45) is 5.92 Å². The predicted molar refractivity (Wildman–Crippen MR) is 114 cm³/mol. The van der Waals surface area contributed by atoms with Crippen LogP contribution in [-0.4, -0.2) is 33.3 Å². The number of anilines is 1. The van der Waals surface area contributed by atoms with Crippen molar-refractivity contribution in [1.29, 1.82) is 0 Å². The first-order valence-corrected chi connectivity index (χ1v) is 11.3. The van der Waals surface area contributed by atoms with E-state index >= 15 is 0 Å². The van der Waals surface area contributed by atoms with Crippen molar-refractivity contribution in [2.45, 2.75) is 61.6 Å². The van der Waals surface area contributed by atoms with Gasteiger partial charge in [-0.1, -0.05) is 30.7 Å². The number of rotatable bonds is 6. The van der Waals surface area contributed by atoms with Gasteiger partial charge in [-0.05, 0) is 30.5 Å². The SMILES string of the molecule is O=C1CC(C(=O)NC2Nc3ccc(-c4cnc(COC5CCCC5)nc4)cc3S2)C1. The molecule has 1 aliphatic heterocycles. The molecule has 5 rings (SSSR count). The Hall–Kier alpha value is -2.45. The molecular weight excluding hydrogens is 400 g/mol. The first-order chi connectivity index (χ1) is 14.6. The number of aromatic nitrogens is 2. The molecule has 2 saturated carbocycles. The van der Waals surface area contributed by atoms with Crippen molar-refractivity contribution in [3.63, 3.8) is 0 Å². The van der Waals surface area contributed by atoms with Gasteiger partial charge in [-0.25, -0.2) is 9.97 Å². The minimum Gasteiger partial charge on any atom is -0.370 e. The van der Waals surface area contributed by atoms with Crippen LogP contribution in [-0.2, 0) is 20.9 Å². The van der Waals surface area contributed by atoms with Crippen LogP contribution >= 0.6 is 11.8 Å². The number of thioether (sulfide) groups is 1. The van der Waals surface area contributed by atoms with E-state index in [1.807, 2.05) is 24.5 Å². The maximum absolute atomic E-state index is 12.2. The highest BCUT2D eigenvalue weighted by Crippen LogP contribution is 2.40. The first-order valence-electron chi connectivity index (χ1n) is 10.5. The van der Waals surface area contributed by atoms with Crippen LogP contribution in [0.2, 0.25) is 0 Å². The molecule has 0 spiro atoms. The van der Waals surface area contributed by atoms with E-state index in [0.29, 0.717) is 31.4 Å². The number of nitrogens with zero attached hydrogens (tertiary/aromatic N) is 2. The van der Waals surface area contributed by atoms with E-state index in [0.717, 1.165) is 34.6 Å². The van der Waals surface area contributed by atoms with Gasteiger partial charge in [0.25, 0.3) is 0 Å². The summed E-state index contributed by atoms with van der Waals surface area (Å²) in [5, 5.41) is 6.28. The molecule has 0 saturated heterocycles. The zero-order valence-electron chi connectivity index (χ0n) is 16.6. The lowest BCUT2D eigenvalue weighted by Gasteiger charge is -2.24. The minimum atomic E-state index is -0.218. The third-order valence-electron chi connectivity index (χ3n) is 5.89. The quantitative estimate of drug-likeness (QED) is 0.733. The molecular formula is C22H24N4O3S. The van der Waals surface area contributed by atoms with E-state index in [9.17, 15) is 9.59 Å². The Labute approximate surface area is 179 Å². The Morgan fingerprint density at radius 1 is 1.17 bits per heavy atom. The highest BCUT2D eigenvalue weighted by Gasteiger charge is 2.34. The lowest BCUT2D eigenvalue weighted by molar-refractivity contribution is -0.138. The van der Waals surface area contributed by atoms with Gasteiger partial charge in [-0.15, -0.1) is 0 Å². The van der Waals surface area contributed by atoms with Gasteiger partial charge in [-0.2, -0.15) is 0 Å². The van der Waals surface area contributed by atoms with Gasteiger partial charge in [0, 0.05) is 35.7 Å². The average Bonchev–Trinajstić information content (AvgIpc) is 3.39. The first kappa shape index (κ1) is 19.5. The molecule has 1 aromatic heterocycles. The van der Waals surface area contributed by atoms with E-state index in [2.05, 4.69) is 26.7 Å². The number of fused-ring (bicyclic) bond motifs is 1. The molecule has 2 N–H and O–H groups in total. The van der Waals surface area contributed by atoms with Crippen LogP contribution in [0.1, 0.15) is 44.3 Å². The maximum Gasteiger partial charge on any atom is 0.226 e. The maximum atomic E-state index is 12.2. The Bertz CT molecular complexity index is 951. The normalized spacial score (nSPS) is 21.2. The molecule has 2 fully saturated rings. The second-order valence-corrected chi connectivity index (χ2v) is 9.26. The predicted octanol–water partition coefficient (Wildman–Crippen LogP) is 3.50. The zero-order chi connectivity index (χ0) is 20.5. The number of benzene rings is 1. The Kier molecular flexibility index (Phi) is 5.43. The molecule has 1 atom stereocenters. The number of carbonyl (C=O) groups excluding carboxylic acids is 2. The summed E-state index contributed by atoms with van der Waals surface area (Å²) in [6, 6.07) is 6.11. The fourth-order valence-electron chi connectivity index (χ4n) is 4.03. The Morgan fingerprint density at radius 3 is 2.67 bits per heavy atom. The van der Waals surface area contributed by atoms with Crippen LogP contribution in [0, 0.1) is 5.92 Å². The molecule has 156 valence electrons. The molecule has 30 heavy (non-hydrogen) atoms. The standard InChI is InChI=1S/C22H24N4O3S/c27-16-7-14(8-16)21(28)26-22-25-18-6-5-13(9-19(18)30-22)15-10-23-20(24-11-15)12-29-17-3-1-2-4-17/h5-6,9-11,14,17,22,25H,1-4,7-8,12H2,(H,26,28). The van der Waals surface area contributed by atoms with E-state index in [1.165, 1.54) is 12.8 Å². The summed E-state index contributed by atoms with van der Waals surface area (Å²) in [5.74, 6) is 0.637. The Morgan fingerprint density at radius 2 is 1.93 bits per heavy atom. The summed E-state index contributed by atoms with van der Waals surface area (Å²) in [7, 11) is 0. The van der Waals surface area contributed by atoms with E-state index in [1.54, 1.807) is 11.8 Å². The van der Waals surface area contributed by atoms with E-state index in [-0.39, 0.29) is 23.1 Å². The number of amides is 1. The van der Waals surface area contributed by atoms with Gasteiger partial charge in [0.2, 0.25) is 5.91 Å². The summed E-state index contributed by atoms with van der Waals surface area (Å²) >= 11 is 1.56. The van der Waals surface area contributed by atoms with Crippen LogP contribution < -0.4 is 10.6 Å². The second kappa shape index (κ2) is 8.35. The molecule has 0 radical (unpaired) electrons. The highest BCUT2D eigenvalue weighted by atomic mass is 32.2. The van der Waals surface area contributed by atoms with Crippen molar-refractivity contribution in [3.05, 3.63) is 36.4 Å². The molecule has 2 heterocycles. The number of ketones is 1. The number of Topliss-reactive ketones (excluding diaryl/α,β-unsaturated/α-hetero) is 1. The molecule has 2 aliphatic carbocycles. The van der Waals surface area contributed by atoms with Crippen molar-refractivity contribution < 1.29 is 14.3 Å². The monoisotopic (exact) mass is 424 g/mol. The lowest BCUT2D eigenvalue weighted by atomic mass is 9.83. The van der Waals surface area contributed by atoms with Crippen molar-refractivity contribution >= 4 is 29.1 Å². The largest absolute Gasteiger partial charge is 0.370 e. The topological polar surface area (TPSA) is 93.2 Å². The molecule has 1 amide bonds. The average molecular weight is 425 g/mol. The summed E-state index contributed by atoms with van der Waals surface area (Å²) in [6.45, 7) is 0.461. The molecule has 2 aromatic rings. The zero-order valence-corrected chi connectivity index (χ0v) is 17.4. The number of nitrogens with one attached hydrogen (secondary N) is 2. The number of hydrogen-bond donors (Lipinski definition) is 2. The fraction of sp³-hybridized carbons (Fsp3) is 0.455. The van der Waals surface area contributed by atoms with Crippen molar-refractivity contribution in [2.75, 3.05) is 5.32 Å². The Balaban J connectivity index is 1.19. The number of carbonyl (C=O) groups is 2. The fourth-order valence-corrected chi connectivity index (χ4v) is 5.09. The smallest absolute Gasteiger partial charge is 0.226 e. The van der Waals surface area contributed by atoms with Gasteiger partial charge < -0.3 is 15.4 Å². The van der Waals surface area contributed by atoms with Gasteiger partial charge in [0.1, 0.15) is 12.4 Å². The summed E-state index contributed by atoms with van der Waals surface area (Å²) in [4.78, 5) is 33.3. The lowest BCUT2D eigenvalue weighted by Crippen LogP contribution is -2.44. The number of ether oxygens (including phenoxy) is 1. The van der Waals surface area contributed by atoms with E-state index < -0.39 is 0 Å². The molecule has 3 aliphatic rings. The van der Waals surface area contributed by atoms with Crippen LogP contribution in [0.5, 0.6) is 0 Å². The number of hydrogen-bond acceptors (Lipinski definition) is 7. The summed E-state index contributed by atoms with van der Waals surface area (Å²) in [5.41, 5.74) is 2.75. The van der Waals surface area contributed by atoms with E-state index in [4.69, 9.17) is 4.74 Å². The molecule has 1 unspecified atom stereocenters. The third-order valence-corrected chi connectivity index (χ3v) is 6.96. The van der Waals surface area contributed by atoms with Gasteiger partial charge >= 0.3 is 0 Å². The van der Waals surface area contributed by atoms with Gasteiger partial charge in [-0.3, -0.25) is 9.59 Å². The molecule has 0 bridgehead atoms.